The third-order valence-corrected chi connectivity index (χ3v) is 2.86. The van der Waals surface area contributed by atoms with Crippen LogP contribution in [0, 0.1) is 0 Å². The van der Waals surface area contributed by atoms with Crippen molar-refractivity contribution in [3.05, 3.63) is 34.3 Å². The molecule has 0 radical (unpaired) electrons. The molecule has 0 saturated carbocycles. The average Bonchev–Trinajstić information content (AvgIpc) is 2.14. The van der Waals surface area contributed by atoms with Crippen LogP contribution in [0.2, 0.25) is 0 Å². The average molecular weight is 257 g/mol. The van der Waals surface area contributed by atoms with Crippen molar-refractivity contribution in [3.63, 3.8) is 0 Å². The van der Waals surface area contributed by atoms with Gasteiger partial charge in [0, 0.05) is 17.1 Å². The predicted molar refractivity (Wildman–Crippen MR) is 64.4 cm³/mol. The third kappa shape index (κ3) is 3.40. The molecule has 0 bridgehead atoms. The monoisotopic (exact) mass is 256 g/mol. The summed E-state index contributed by atoms with van der Waals surface area (Å²) in [6.07, 6.45) is 1.00. The fraction of sp³-hybridized carbons (Fsp3) is 0.455. The van der Waals surface area contributed by atoms with Crippen LogP contribution in [0.15, 0.2) is 28.7 Å². The maximum Gasteiger partial charge on any atom is 0.0252 e. The Morgan fingerprint density at radius 2 is 2.14 bits per heavy atom. The Hall–Kier alpha value is -0.380. The Bertz CT molecular complexity index is 286. The predicted octanol–water partition coefficient (Wildman–Crippen LogP) is 1.88. The van der Waals surface area contributed by atoms with Crippen LogP contribution in [0.25, 0.3) is 0 Å². The molecule has 0 spiro atoms. The van der Waals surface area contributed by atoms with Crippen LogP contribution < -0.4 is 5.73 Å². The number of nitrogens with two attached hydrogens (primary N) is 1. The van der Waals surface area contributed by atoms with Crippen molar-refractivity contribution in [1.29, 1.82) is 0 Å². The molecule has 14 heavy (non-hydrogen) atoms. The maximum atomic E-state index is 5.71. The van der Waals surface area contributed by atoms with Crippen LogP contribution in [0.1, 0.15) is 5.56 Å². The summed E-state index contributed by atoms with van der Waals surface area (Å²) in [4.78, 5) is 2.17. The van der Waals surface area contributed by atoms with Gasteiger partial charge in [0.2, 0.25) is 0 Å². The first-order valence-electron chi connectivity index (χ1n) is 4.74. The van der Waals surface area contributed by atoms with Gasteiger partial charge in [0.15, 0.2) is 0 Å². The number of hydrogen-bond donors (Lipinski definition) is 1. The van der Waals surface area contributed by atoms with Crippen LogP contribution in [-0.4, -0.2) is 31.6 Å². The molecule has 1 atom stereocenters. The number of halogens is 1. The first kappa shape index (κ1) is 11.7. The van der Waals surface area contributed by atoms with Gasteiger partial charge in [-0.1, -0.05) is 28.1 Å². The molecule has 0 amide bonds. The van der Waals surface area contributed by atoms with Gasteiger partial charge in [-0.25, -0.2) is 0 Å². The molecule has 1 aromatic rings. The summed E-state index contributed by atoms with van der Waals surface area (Å²) < 4.78 is 1.13. The lowest BCUT2D eigenvalue weighted by atomic mass is 10.1. The van der Waals surface area contributed by atoms with Crippen molar-refractivity contribution >= 4 is 15.9 Å². The number of likely N-dealkylation sites (N-methyl/N-ethyl adjacent to an activating group) is 1. The van der Waals surface area contributed by atoms with Crippen molar-refractivity contribution in [2.24, 2.45) is 5.73 Å². The summed E-state index contributed by atoms with van der Waals surface area (Å²) in [7, 11) is 4.13. The van der Waals surface area contributed by atoms with E-state index in [0.717, 1.165) is 10.9 Å². The molecule has 2 N–H and O–H groups in total. The van der Waals surface area contributed by atoms with E-state index in [1.807, 2.05) is 6.07 Å². The molecule has 0 aromatic heterocycles. The van der Waals surface area contributed by atoms with E-state index in [2.05, 4.69) is 53.1 Å². The van der Waals surface area contributed by atoms with Gasteiger partial charge in [0.05, 0.1) is 0 Å². The van der Waals surface area contributed by atoms with Gasteiger partial charge in [0.1, 0.15) is 0 Å². The molecule has 0 aliphatic rings. The minimum atomic E-state index is 0.421. The Balaban J connectivity index is 2.67. The first-order chi connectivity index (χ1) is 6.63. The SMILES string of the molecule is CN(C)C(CN)Cc1cccc(Br)c1. The Morgan fingerprint density at radius 1 is 1.43 bits per heavy atom. The molecule has 1 unspecified atom stereocenters. The Kier molecular flexibility index (Phi) is 4.58. The molecule has 3 heteroatoms. The zero-order chi connectivity index (χ0) is 10.6. The van der Waals surface area contributed by atoms with Crippen molar-refractivity contribution in [3.8, 4) is 0 Å². The Morgan fingerprint density at radius 3 is 2.64 bits per heavy atom. The largest absolute Gasteiger partial charge is 0.329 e. The van der Waals surface area contributed by atoms with Gasteiger partial charge in [-0.3, -0.25) is 0 Å². The fourth-order valence-corrected chi connectivity index (χ4v) is 1.86. The molecule has 1 rings (SSSR count). The van der Waals surface area contributed by atoms with Crippen molar-refractivity contribution < 1.29 is 0 Å². The minimum Gasteiger partial charge on any atom is -0.329 e. The van der Waals surface area contributed by atoms with E-state index in [1.54, 1.807) is 0 Å². The highest BCUT2D eigenvalue weighted by Crippen LogP contribution is 2.13. The fourth-order valence-electron chi connectivity index (χ4n) is 1.41. The van der Waals surface area contributed by atoms with Gasteiger partial charge < -0.3 is 10.6 Å². The normalized spacial score (nSPS) is 13.2. The molecular formula is C11H17BrN2. The lowest BCUT2D eigenvalue weighted by Crippen LogP contribution is -2.36. The van der Waals surface area contributed by atoms with Crippen LogP contribution >= 0.6 is 15.9 Å². The van der Waals surface area contributed by atoms with Crippen LogP contribution in [-0.2, 0) is 6.42 Å². The third-order valence-electron chi connectivity index (χ3n) is 2.36. The van der Waals surface area contributed by atoms with E-state index in [4.69, 9.17) is 5.73 Å². The molecule has 0 fully saturated rings. The van der Waals surface area contributed by atoms with E-state index < -0.39 is 0 Å². The van der Waals surface area contributed by atoms with Gasteiger partial charge >= 0.3 is 0 Å². The highest BCUT2D eigenvalue weighted by Gasteiger charge is 2.09. The summed E-state index contributed by atoms with van der Waals surface area (Å²) in [5.41, 5.74) is 7.03. The first-order valence-corrected chi connectivity index (χ1v) is 5.53. The minimum absolute atomic E-state index is 0.421. The van der Waals surface area contributed by atoms with E-state index in [-0.39, 0.29) is 0 Å². The summed E-state index contributed by atoms with van der Waals surface area (Å²) in [6, 6.07) is 8.80. The van der Waals surface area contributed by atoms with Crippen LogP contribution in [0.3, 0.4) is 0 Å². The molecule has 0 saturated heterocycles. The van der Waals surface area contributed by atoms with E-state index >= 15 is 0 Å². The van der Waals surface area contributed by atoms with Crippen molar-refractivity contribution in [2.75, 3.05) is 20.6 Å². The second-order valence-corrected chi connectivity index (χ2v) is 4.60. The molecule has 0 aliphatic heterocycles. The van der Waals surface area contributed by atoms with Crippen molar-refractivity contribution in [1.82, 2.24) is 4.90 Å². The molecule has 1 aromatic carbocycles. The molecule has 0 aliphatic carbocycles. The lowest BCUT2D eigenvalue weighted by Gasteiger charge is -2.22. The summed E-state index contributed by atoms with van der Waals surface area (Å²) in [6.45, 7) is 0.694. The molecule has 78 valence electrons. The topological polar surface area (TPSA) is 29.3 Å². The van der Waals surface area contributed by atoms with E-state index in [0.29, 0.717) is 12.6 Å². The summed E-state index contributed by atoms with van der Waals surface area (Å²) >= 11 is 3.47. The molecule has 0 heterocycles. The molecule has 2 nitrogen and oxygen atoms in total. The van der Waals surface area contributed by atoms with Crippen LogP contribution in [0.5, 0.6) is 0 Å². The zero-order valence-electron chi connectivity index (χ0n) is 8.70. The van der Waals surface area contributed by atoms with Gasteiger partial charge in [0.25, 0.3) is 0 Å². The maximum absolute atomic E-state index is 5.71. The second kappa shape index (κ2) is 5.49. The number of nitrogens with zero attached hydrogens (tertiary/aromatic N) is 1. The number of rotatable bonds is 4. The van der Waals surface area contributed by atoms with Gasteiger partial charge in [-0.2, -0.15) is 0 Å². The molecular weight excluding hydrogens is 240 g/mol. The van der Waals surface area contributed by atoms with Crippen molar-refractivity contribution in [2.45, 2.75) is 12.5 Å². The Labute approximate surface area is 94.2 Å². The quantitative estimate of drug-likeness (QED) is 0.892. The number of hydrogen-bond acceptors (Lipinski definition) is 2. The lowest BCUT2D eigenvalue weighted by molar-refractivity contribution is 0.298. The summed E-state index contributed by atoms with van der Waals surface area (Å²) in [5.74, 6) is 0. The highest BCUT2D eigenvalue weighted by molar-refractivity contribution is 9.10. The van der Waals surface area contributed by atoms with Gasteiger partial charge in [-0.15, -0.1) is 0 Å². The highest BCUT2D eigenvalue weighted by atomic mass is 79.9. The zero-order valence-corrected chi connectivity index (χ0v) is 10.3. The smallest absolute Gasteiger partial charge is 0.0252 e. The van der Waals surface area contributed by atoms with Crippen LogP contribution in [0.4, 0.5) is 0 Å². The standard InChI is InChI=1S/C11H17BrN2/c1-14(2)11(8-13)7-9-4-3-5-10(12)6-9/h3-6,11H,7-8,13H2,1-2H3. The number of benzene rings is 1. The van der Waals surface area contributed by atoms with E-state index in [1.165, 1.54) is 5.56 Å². The second-order valence-electron chi connectivity index (χ2n) is 3.69. The summed E-state index contributed by atoms with van der Waals surface area (Å²) in [5, 5.41) is 0. The van der Waals surface area contributed by atoms with E-state index in [9.17, 15) is 0 Å². The van der Waals surface area contributed by atoms with Gasteiger partial charge in [-0.05, 0) is 38.2 Å².